The molecule has 0 saturated carbocycles. The minimum atomic E-state index is -0.877. The molecule has 102 valence electrons. The first kappa shape index (κ1) is 13.4. The summed E-state index contributed by atoms with van der Waals surface area (Å²) in [6.07, 6.45) is 0.0431. The summed E-state index contributed by atoms with van der Waals surface area (Å²) in [6, 6.07) is 5.05. The molecule has 19 heavy (non-hydrogen) atoms. The van der Waals surface area contributed by atoms with E-state index in [1.54, 1.807) is 18.2 Å². The Morgan fingerprint density at radius 2 is 2.26 bits per heavy atom. The van der Waals surface area contributed by atoms with Gasteiger partial charge in [-0.2, -0.15) is 0 Å². The molecular weight excluding hydrogens is 250 g/mol. The second kappa shape index (κ2) is 5.71. The Kier molecular flexibility index (Phi) is 4.01. The van der Waals surface area contributed by atoms with Crippen LogP contribution in [0.4, 0.5) is 5.69 Å². The number of aliphatic hydroxyl groups is 1. The fourth-order valence-electron chi connectivity index (χ4n) is 1.92. The predicted octanol–water partition coefficient (Wildman–Crippen LogP) is 1.31. The zero-order valence-corrected chi connectivity index (χ0v) is 10.3. The number of aliphatic carboxylic acids is 1. The number of rotatable bonds is 5. The van der Waals surface area contributed by atoms with Crippen molar-refractivity contribution in [3.05, 3.63) is 23.8 Å². The third-order valence-electron chi connectivity index (χ3n) is 2.89. The Bertz CT molecular complexity index is 500. The summed E-state index contributed by atoms with van der Waals surface area (Å²) in [4.78, 5) is 21.6. The number of carbonyl (C=O) groups excluding carboxylic acids is 1. The maximum absolute atomic E-state index is 11.2. The van der Waals surface area contributed by atoms with E-state index in [1.165, 1.54) is 0 Å². The molecule has 1 aliphatic rings. The Labute approximate surface area is 110 Å². The molecule has 6 nitrogen and oxygen atoms in total. The van der Waals surface area contributed by atoms with Crippen LogP contribution in [0, 0.1) is 0 Å². The summed E-state index contributed by atoms with van der Waals surface area (Å²) >= 11 is 0. The zero-order chi connectivity index (χ0) is 13.8. The van der Waals surface area contributed by atoms with Crippen LogP contribution < -0.4 is 10.1 Å². The molecule has 0 saturated heterocycles. The summed E-state index contributed by atoms with van der Waals surface area (Å²) < 4.78 is 5.21. The van der Waals surface area contributed by atoms with Crippen LogP contribution in [0.15, 0.2) is 18.2 Å². The Balaban J connectivity index is 2.02. The number of hydrogen-bond donors (Lipinski definition) is 3. The number of ether oxygens (including phenoxy) is 1. The van der Waals surface area contributed by atoms with Crippen LogP contribution in [0.5, 0.6) is 5.75 Å². The molecule has 1 atom stereocenters. The molecule has 1 amide bonds. The summed E-state index contributed by atoms with van der Waals surface area (Å²) in [7, 11) is 0. The van der Waals surface area contributed by atoms with E-state index in [1.807, 2.05) is 0 Å². The van der Waals surface area contributed by atoms with Gasteiger partial charge in [-0.1, -0.05) is 6.07 Å². The summed E-state index contributed by atoms with van der Waals surface area (Å²) in [5.74, 6) is -0.538. The van der Waals surface area contributed by atoms with Crippen molar-refractivity contribution in [3.63, 3.8) is 0 Å². The van der Waals surface area contributed by atoms with E-state index in [2.05, 4.69) is 5.32 Å². The molecule has 0 fully saturated rings. The fourth-order valence-corrected chi connectivity index (χ4v) is 1.92. The zero-order valence-electron chi connectivity index (χ0n) is 10.3. The number of fused-ring (bicyclic) bond motifs is 1. The van der Waals surface area contributed by atoms with Crippen LogP contribution in [-0.2, 0) is 9.59 Å². The van der Waals surface area contributed by atoms with Gasteiger partial charge in [0.25, 0.3) is 5.91 Å². The van der Waals surface area contributed by atoms with Gasteiger partial charge in [0.05, 0.1) is 11.8 Å². The van der Waals surface area contributed by atoms with Crippen LogP contribution in [0.3, 0.4) is 0 Å². The number of benzene rings is 1. The van der Waals surface area contributed by atoms with Crippen molar-refractivity contribution in [3.8, 4) is 5.75 Å². The highest BCUT2D eigenvalue weighted by Crippen LogP contribution is 2.31. The Morgan fingerprint density at radius 1 is 1.47 bits per heavy atom. The van der Waals surface area contributed by atoms with E-state index >= 15 is 0 Å². The number of carbonyl (C=O) groups is 2. The van der Waals surface area contributed by atoms with Crippen molar-refractivity contribution < 1.29 is 24.5 Å². The largest absolute Gasteiger partial charge is 0.482 e. The minimum absolute atomic E-state index is 0.00644. The van der Waals surface area contributed by atoms with Gasteiger partial charge in [0.2, 0.25) is 0 Å². The van der Waals surface area contributed by atoms with Gasteiger partial charge in [0.1, 0.15) is 5.75 Å². The van der Waals surface area contributed by atoms with Crippen molar-refractivity contribution >= 4 is 17.6 Å². The van der Waals surface area contributed by atoms with Crippen molar-refractivity contribution in [2.75, 3.05) is 11.9 Å². The monoisotopic (exact) mass is 265 g/mol. The first-order valence-corrected chi connectivity index (χ1v) is 6.02. The lowest BCUT2D eigenvalue weighted by Crippen LogP contribution is -2.25. The molecule has 0 bridgehead atoms. The summed E-state index contributed by atoms with van der Waals surface area (Å²) in [6.45, 7) is -0.00644. The molecule has 1 heterocycles. The standard InChI is InChI=1S/C13H15NO5/c15-10(2-1-3-13(17)18)8-4-5-11-9(6-8)14-12(16)7-19-11/h4-6,10,15H,1-3,7H2,(H,14,16)(H,17,18). The Hall–Kier alpha value is -2.08. The lowest BCUT2D eigenvalue weighted by molar-refractivity contribution is -0.137. The highest BCUT2D eigenvalue weighted by molar-refractivity contribution is 5.95. The highest BCUT2D eigenvalue weighted by atomic mass is 16.5. The number of aliphatic hydroxyl groups excluding tert-OH is 1. The van der Waals surface area contributed by atoms with Gasteiger partial charge in [-0.25, -0.2) is 0 Å². The summed E-state index contributed by atoms with van der Waals surface area (Å²) in [5.41, 5.74) is 1.17. The molecule has 1 aromatic rings. The number of carboxylic acid groups (broad SMARTS) is 1. The van der Waals surface area contributed by atoms with Crippen LogP contribution in [-0.4, -0.2) is 28.7 Å². The molecule has 1 aromatic carbocycles. The van der Waals surface area contributed by atoms with Crippen LogP contribution >= 0.6 is 0 Å². The smallest absolute Gasteiger partial charge is 0.303 e. The van der Waals surface area contributed by atoms with Gasteiger partial charge < -0.3 is 20.3 Å². The van der Waals surface area contributed by atoms with E-state index < -0.39 is 12.1 Å². The van der Waals surface area contributed by atoms with Gasteiger partial charge in [-0.15, -0.1) is 0 Å². The van der Waals surface area contributed by atoms with E-state index in [4.69, 9.17) is 9.84 Å². The molecule has 6 heteroatoms. The molecule has 1 unspecified atom stereocenters. The van der Waals surface area contributed by atoms with Gasteiger partial charge in [-0.05, 0) is 30.5 Å². The van der Waals surface area contributed by atoms with Crippen LogP contribution in [0.2, 0.25) is 0 Å². The number of carboxylic acids is 1. The third-order valence-corrected chi connectivity index (χ3v) is 2.89. The molecule has 0 aromatic heterocycles. The second-order valence-corrected chi connectivity index (χ2v) is 4.39. The van der Waals surface area contributed by atoms with E-state index in [0.29, 0.717) is 29.8 Å². The number of hydrogen-bond acceptors (Lipinski definition) is 4. The maximum atomic E-state index is 11.2. The first-order valence-electron chi connectivity index (χ1n) is 6.02. The SMILES string of the molecule is O=C(O)CCCC(O)c1ccc2c(c1)NC(=O)CO2. The van der Waals surface area contributed by atoms with E-state index in [9.17, 15) is 14.7 Å². The molecule has 0 radical (unpaired) electrons. The van der Waals surface area contributed by atoms with E-state index in [0.717, 1.165) is 0 Å². The average Bonchev–Trinajstić information content (AvgIpc) is 2.37. The van der Waals surface area contributed by atoms with Crippen molar-refractivity contribution in [1.29, 1.82) is 0 Å². The van der Waals surface area contributed by atoms with Crippen molar-refractivity contribution in [1.82, 2.24) is 0 Å². The molecular formula is C13H15NO5. The number of amides is 1. The van der Waals surface area contributed by atoms with Crippen LogP contribution in [0.1, 0.15) is 30.9 Å². The van der Waals surface area contributed by atoms with E-state index in [-0.39, 0.29) is 18.9 Å². The fraction of sp³-hybridized carbons (Fsp3) is 0.385. The molecule has 2 rings (SSSR count). The lowest BCUT2D eigenvalue weighted by atomic mass is 10.0. The maximum Gasteiger partial charge on any atom is 0.303 e. The molecule has 3 N–H and O–H groups in total. The normalized spacial score (nSPS) is 15.1. The first-order chi connectivity index (χ1) is 9.06. The molecule has 0 spiro atoms. The second-order valence-electron chi connectivity index (χ2n) is 4.39. The third kappa shape index (κ3) is 3.45. The molecule has 1 aliphatic heterocycles. The number of nitrogens with one attached hydrogen (secondary N) is 1. The van der Waals surface area contributed by atoms with Crippen molar-refractivity contribution in [2.24, 2.45) is 0 Å². The van der Waals surface area contributed by atoms with Crippen molar-refractivity contribution in [2.45, 2.75) is 25.4 Å². The summed E-state index contributed by atoms with van der Waals surface area (Å²) in [5, 5.41) is 21.2. The average molecular weight is 265 g/mol. The predicted molar refractivity (Wildman–Crippen MR) is 67.0 cm³/mol. The van der Waals surface area contributed by atoms with Gasteiger partial charge in [-0.3, -0.25) is 9.59 Å². The molecule has 0 aliphatic carbocycles. The van der Waals surface area contributed by atoms with Gasteiger partial charge in [0.15, 0.2) is 6.61 Å². The lowest BCUT2D eigenvalue weighted by Gasteiger charge is -2.20. The van der Waals surface area contributed by atoms with Gasteiger partial charge >= 0.3 is 5.97 Å². The van der Waals surface area contributed by atoms with Gasteiger partial charge in [0, 0.05) is 6.42 Å². The Morgan fingerprint density at radius 3 is 3.00 bits per heavy atom. The highest BCUT2D eigenvalue weighted by Gasteiger charge is 2.18. The van der Waals surface area contributed by atoms with Crippen LogP contribution in [0.25, 0.3) is 0 Å². The quantitative estimate of drug-likeness (QED) is 0.746. The topological polar surface area (TPSA) is 95.9 Å². The number of anilines is 1. The minimum Gasteiger partial charge on any atom is -0.482 e.